The Bertz CT molecular complexity index is 407. The Kier molecular flexibility index (Phi) is 5.28. The second kappa shape index (κ2) is 6.19. The fourth-order valence-electron chi connectivity index (χ4n) is 2.46. The molecule has 1 rings (SSSR count). The summed E-state index contributed by atoms with van der Waals surface area (Å²) in [6, 6.07) is 5.59. The highest BCUT2D eigenvalue weighted by atomic mass is 19.4. The Labute approximate surface area is 120 Å². The van der Waals surface area contributed by atoms with Crippen LogP contribution in [-0.2, 0) is 12.6 Å². The summed E-state index contributed by atoms with van der Waals surface area (Å²) in [6.45, 7) is 11.0. The second-order valence-corrected chi connectivity index (χ2v) is 7.17. The van der Waals surface area contributed by atoms with Crippen LogP contribution in [0.15, 0.2) is 24.3 Å². The smallest absolute Gasteiger partial charge is 0.166 e. The highest BCUT2D eigenvalue weighted by Crippen LogP contribution is 2.33. The lowest BCUT2D eigenvalue weighted by Crippen LogP contribution is -2.20. The van der Waals surface area contributed by atoms with E-state index in [1.165, 1.54) is 12.1 Å². The van der Waals surface area contributed by atoms with Gasteiger partial charge in [-0.05, 0) is 47.8 Å². The number of rotatable bonds is 4. The molecule has 1 unspecified atom stereocenters. The molecule has 1 aromatic carbocycles. The Morgan fingerprint density at radius 1 is 0.950 bits per heavy atom. The molecule has 0 fully saturated rings. The van der Waals surface area contributed by atoms with E-state index in [-0.39, 0.29) is 5.41 Å². The first-order chi connectivity index (χ1) is 8.99. The zero-order valence-corrected chi connectivity index (χ0v) is 13.0. The summed E-state index contributed by atoms with van der Waals surface area (Å²) >= 11 is 0. The number of alkyl halides is 3. The number of hydrogen-bond acceptors (Lipinski definition) is 0. The molecule has 0 saturated heterocycles. The van der Waals surface area contributed by atoms with Crippen LogP contribution in [-0.4, -0.2) is 0 Å². The molecule has 20 heavy (non-hydrogen) atoms. The molecule has 0 aliphatic carbocycles. The molecule has 114 valence electrons. The van der Waals surface area contributed by atoms with Crippen molar-refractivity contribution in [1.29, 1.82) is 0 Å². The van der Waals surface area contributed by atoms with Crippen LogP contribution in [0.25, 0.3) is 0 Å². The van der Waals surface area contributed by atoms with E-state index in [4.69, 9.17) is 0 Å². The summed E-state index contributed by atoms with van der Waals surface area (Å²) in [6.07, 6.45) is -2.33. The molecule has 0 radical (unpaired) electrons. The summed E-state index contributed by atoms with van der Waals surface area (Å²) < 4.78 is 37.6. The fourth-order valence-corrected chi connectivity index (χ4v) is 2.46. The second-order valence-electron chi connectivity index (χ2n) is 7.17. The lowest BCUT2D eigenvalue weighted by molar-refractivity contribution is -0.137. The first-order valence-corrected chi connectivity index (χ1v) is 7.15. The molecular formula is C17H25F3. The van der Waals surface area contributed by atoms with Crippen molar-refractivity contribution >= 4 is 0 Å². The van der Waals surface area contributed by atoms with E-state index in [0.717, 1.165) is 18.4 Å². The van der Waals surface area contributed by atoms with Gasteiger partial charge in [0, 0.05) is 0 Å². The maximum Gasteiger partial charge on any atom is 0.416 e. The van der Waals surface area contributed by atoms with E-state index in [0.29, 0.717) is 11.8 Å². The van der Waals surface area contributed by atoms with Crippen LogP contribution < -0.4 is 0 Å². The molecular weight excluding hydrogens is 261 g/mol. The largest absolute Gasteiger partial charge is 0.416 e. The summed E-state index contributed by atoms with van der Waals surface area (Å²) in [5, 5.41) is 0. The minimum Gasteiger partial charge on any atom is -0.166 e. The minimum atomic E-state index is -4.25. The van der Waals surface area contributed by atoms with E-state index in [9.17, 15) is 13.2 Å². The highest BCUT2D eigenvalue weighted by Gasteiger charge is 2.30. The predicted molar refractivity (Wildman–Crippen MR) is 77.5 cm³/mol. The van der Waals surface area contributed by atoms with Crippen molar-refractivity contribution in [1.82, 2.24) is 0 Å². The number of benzene rings is 1. The van der Waals surface area contributed by atoms with Crippen LogP contribution in [0, 0.1) is 17.3 Å². The maximum absolute atomic E-state index is 12.5. The van der Waals surface area contributed by atoms with Crippen LogP contribution in [0.4, 0.5) is 13.2 Å². The lowest BCUT2D eigenvalue weighted by atomic mass is 9.77. The first-order valence-electron chi connectivity index (χ1n) is 7.15. The van der Waals surface area contributed by atoms with Crippen molar-refractivity contribution < 1.29 is 13.2 Å². The van der Waals surface area contributed by atoms with E-state index < -0.39 is 11.7 Å². The molecule has 3 heteroatoms. The zero-order valence-electron chi connectivity index (χ0n) is 13.0. The molecule has 0 N–H and O–H groups in total. The molecule has 0 bridgehead atoms. The van der Waals surface area contributed by atoms with Crippen LogP contribution in [0.2, 0.25) is 0 Å². The van der Waals surface area contributed by atoms with Gasteiger partial charge >= 0.3 is 6.18 Å². The molecule has 0 heterocycles. The van der Waals surface area contributed by atoms with Crippen LogP contribution in [0.5, 0.6) is 0 Å². The van der Waals surface area contributed by atoms with Gasteiger partial charge in [0.1, 0.15) is 0 Å². The third kappa shape index (κ3) is 5.56. The number of halogens is 3. The van der Waals surface area contributed by atoms with Gasteiger partial charge < -0.3 is 0 Å². The van der Waals surface area contributed by atoms with E-state index >= 15 is 0 Å². The third-order valence-electron chi connectivity index (χ3n) is 3.60. The molecule has 1 atom stereocenters. The van der Waals surface area contributed by atoms with E-state index in [1.54, 1.807) is 12.1 Å². The molecule has 0 aromatic heterocycles. The monoisotopic (exact) mass is 286 g/mol. The van der Waals surface area contributed by atoms with Gasteiger partial charge in [0.15, 0.2) is 0 Å². The molecule has 0 spiro atoms. The summed E-state index contributed by atoms with van der Waals surface area (Å²) in [4.78, 5) is 0. The van der Waals surface area contributed by atoms with E-state index in [2.05, 4.69) is 34.6 Å². The standard InChI is InChI=1S/C17H25F3/c1-12(2)14(11-16(3,4)5)10-13-6-8-15(9-7-13)17(18,19)20/h6-9,12,14H,10-11H2,1-5H3. The first kappa shape index (κ1) is 17.1. The molecule has 0 nitrogen and oxygen atoms in total. The van der Waals surface area contributed by atoms with Crippen LogP contribution in [0.3, 0.4) is 0 Å². The minimum absolute atomic E-state index is 0.237. The molecule has 1 aromatic rings. The van der Waals surface area contributed by atoms with Gasteiger partial charge in [-0.2, -0.15) is 13.2 Å². The van der Waals surface area contributed by atoms with Crippen LogP contribution >= 0.6 is 0 Å². The Morgan fingerprint density at radius 2 is 1.45 bits per heavy atom. The van der Waals surface area contributed by atoms with Gasteiger partial charge in [-0.1, -0.05) is 46.8 Å². The zero-order chi connectivity index (χ0) is 15.6. The van der Waals surface area contributed by atoms with Gasteiger partial charge in [0.05, 0.1) is 5.56 Å². The average molecular weight is 286 g/mol. The van der Waals surface area contributed by atoms with Gasteiger partial charge in [-0.15, -0.1) is 0 Å². The molecule has 0 amide bonds. The number of hydrogen-bond donors (Lipinski definition) is 0. The Morgan fingerprint density at radius 3 is 1.80 bits per heavy atom. The van der Waals surface area contributed by atoms with E-state index in [1.807, 2.05) is 0 Å². The Balaban J connectivity index is 2.80. The lowest BCUT2D eigenvalue weighted by Gasteiger charge is -2.29. The third-order valence-corrected chi connectivity index (χ3v) is 3.60. The maximum atomic E-state index is 12.5. The summed E-state index contributed by atoms with van der Waals surface area (Å²) in [5.41, 5.74) is 0.653. The van der Waals surface area contributed by atoms with Crippen molar-refractivity contribution in [3.05, 3.63) is 35.4 Å². The van der Waals surface area contributed by atoms with Crippen molar-refractivity contribution in [3.8, 4) is 0 Å². The normalized spacial score (nSPS) is 14.7. The molecule has 0 aliphatic rings. The van der Waals surface area contributed by atoms with Crippen LogP contribution in [0.1, 0.15) is 52.2 Å². The van der Waals surface area contributed by atoms with Crippen molar-refractivity contribution in [3.63, 3.8) is 0 Å². The topological polar surface area (TPSA) is 0 Å². The highest BCUT2D eigenvalue weighted by molar-refractivity contribution is 5.25. The van der Waals surface area contributed by atoms with Crippen molar-refractivity contribution in [2.45, 2.75) is 53.6 Å². The molecule has 0 aliphatic heterocycles. The predicted octanol–water partition coefficient (Wildman–Crippen LogP) is 5.96. The van der Waals surface area contributed by atoms with Crippen molar-refractivity contribution in [2.75, 3.05) is 0 Å². The fraction of sp³-hybridized carbons (Fsp3) is 0.647. The molecule has 0 saturated carbocycles. The summed E-state index contributed by atoms with van der Waals surface area (Å²) in [5.74, 6) is 1.02. The van der Waals surface area contributed by atoms with Gasteiger partial charge in [0.2, 0.25) is 0 Å². The summed E-state index contributed by atoms with van der Waals surface area (Å²) in [7, 11) is 0. The average Bonchev–Trinajstić information content (AvgIpc) is 2.25. The van der Waals surface area contributed by atoms with Gasteiger partial charge in [-0.3, -0.25) is 0 Å². The van der Waals surface area contributed by atoms with Gasteiger partial charge in [0.25, 0.3) is 0 Å². The van der Waals surface area contributed by atoms with Gasteiger partial charge in [-0.25, -0.2) is 0 Å². The quantitative estimate of drug-likeness (QED) is 0.641. The SMILES string of the molecule is CC(C)C(Cc1ccc(C(F)(F)F)cc1)CC(C)(C)C. The van der Waals surface area contributed by atoms with Crippen molar-refractivity contribution in [2.24, 2.45) is 17.3 Å². The Hall–Kier alpha value is -0.990.